The van der Waals surface area contributed by atoms with Gasteiger partial charge in [-0.25, -0.2) is 0 Å². The number of piperidine rings is 1. The predicted octanol–water partition coefficient (Wildman–Crippen LogP) is 1.31. The Kier molecular flexibility index (Phi) is 3.95. The molecule has 1 aromatic rings. The Bertz CT molecular complexity index is 498. The highest BCUT2D eigenvalue weighted by Crippen LogP contribution is 2.45. The van der Waals surface area contributed by atoms with Crippen LogP contribution in [0.1, 0.15) is 18.4 Å². The van der Waals surface area contributed by atoms with Gasteiger partial charge in [-0.05, 0) is 44.6 Å². The van der Waals surface area contributed by atoms with Crippen LogP contribution in [-0.2, 0) is 11.3 Å². The molecule has 114 valence electrons. The van der Waals surface area contributed by atoms with Crippen molar-refractivity contribution < 1.29 is 9.90 Å². The highest BCUT2D eigenvalue weighted by atomic mass is 16.4. The Morgan fingerprint density at radius 3 is 2.86 bits per heavy atom. The number of hydrogen-bond acceptors (Lipinski definition) is 4. The highest BCUT2D eigenvalue weighted by molar-refractivity contribution is 5.72. The topological polar surface area (TPSA) is 56.7 Å². The van der Waals surface area contributed by atoms with Gasteiger partial charge in [0.1, 0.15) is 0 Å². The third kappa shape index (κ3) is 2.94. The quantitative estimate of drug-likeness (QED) is 0.909. The van der Waals surface area contributed by atoms with Crippen molar-refractivity contribution in [2.75, 3.05) is 33.2 Å². The number of rotatable bonds is 3. The number of nitrogens with zero attached hydrogens (tertiary/aromatic N) is 3. The monoisotopic (exact) mass is 289 g/mol. The van der Waals surface area contributed by atoms with E-state index in [4.69, 9.17) is 0 Å². The first-order chi connectivity index (χ1) is 10.1. The van der Waals surface area contributed by atoms with Crippen molar-refractivity contribution in [3.8, 4) is 0 Å². The summed E-state index contributed by atoms with van der Waals surface area (Å²) in [5.74, 6) is -0.865. The van der Waals surface area contributed by atoms with E-state index in [1.807, 2.05) is 12.3 Å². The molecule has 0 aliphatic carbocycles. The number of likely N-dealkylation sites (tertiary alicyclic amines) is 2. The first-order valence-electron chi connectivity index (χ1n) is 7.62. The van der Waals surface area contributed by atoms with E-state index in [1.54, 1.807) is 6.20 Å². The van der Waals surface area contributed by atoms with Crippen LogP contribution in [0.4, 0.5) is 0 Å². The van der Waals surface area contributed by atoms with Gasteiger partial charge < -0.3 is 10.0 Å². The first-order valence-corrected chi connectivity index (χ1v) is 7.62. The molecule has 0 saturated carbocycles. The van der Waals surface area contributed by atoms with Crippen molar-refractivity contribution in [2.24, 2.45) is 11.3 Å². The lowest BCUT2D eigenvalue weighted by Crippen LogP contribution is -2.44. The Morgan fingerprint density at radius 2 is 2.24 bits per heavy atom. The van der Waals surface area contributed by atoms with Crippen molar-refractivity contribution >= 4 is 5.97 Å². The normalized spacial score (nSPS) is 26.2. The maximum absolute atomic E-state index is 11.7. The third-order valence-electron chi connectivity index (χ3n) is 5.13. The van der Waals surface area contributed by atoms with E-state index in [1.165, 1.54) is 0 Å². The van der Waals surface area contributed by atoms with Crippen molar-refractivity contribution in [1.82, 2.24) is 14.8 Å². The fourth-order valence-corrected chi connectivity index (χ4v) is 3.85. The molecule has 5 heteroatoms. The molecule has 5 nitrogen and oxygen atoms in total. The SMILES string of the molecule is CN1CCC2(CC1)CN(Cc1cccnc1)C[C@@H]2C(=O)O. The average Bonchev–Trinajstić information content (AvgIpc) is 2.82. The van der Waals surface area contributed by atoms with Crippen molar-refractivity contribution in [3.63, 3.8) is 0 Å². The van der Waals surface area contributed by atoms with E-state index in [0.717, 1.165) is 44.6 Å². The van der Waals surface area contributed by atoms with Gasteiger partial charge in [0.2, 0.25) is 0 Å². The second kappa shape index (κ2) is 5.73. The highest BCUT2D eigenvalue weighted by Gasteiger charge is 2.50. The smallest absolute Gasteiger partial charge is 0.308 e. The molecule has 2 fully saturated rings. The van der Waals surface area contributed by atoms with E-state index in [9.17, 15) is 9.90 Å². The van der Waals surface area contributed by atoms with Gasteiger partial charge in [-0.3, -0.25) is 14.7 Å². The van der Waals surface area contributed by atoms with Gasteiger partial charge in [-0.15, -0.1) is 0 Å². The predicted molar refractivity (Wildman–Crippen MR) is 79.8 cm³/mol. The molecule has 3 heterocycles. The molecule has 0 amide bonds. The number of aromatic nitrogens is 1. The molecular weight excluding hydrogens is 266 g/mol. The number of pyridine rings is 1. The van der Waals surface area contributed by atoms with Crippen LogP contribution in [0.2, 0.25) is 0 Å². The minimum atomic E-state index is -0.631. The molecule has 0 aromatic carbocycles. The third-order valence-corrected chi connectivity index (χ3v) is 5.13. The summed E-state index contributed by atoms with van der Waals surface area (Å²) in [5.41, 5.74) is 1.12. The molecule has 1 atom stereocenters. The average molecular weight is 289 g/mol. The van der Waals surface area contributed by atoms with Crippen molar-refractivity contribution in [1.29, 1.82) is 0 Å². The lowest BCUT2D eigenvalue weighted by molar-refractivity contribution is -0.145. The summed E-state index contributed by atoms with van der Waals surface area (Å²) in [6.07, 6.45) is 5.62. The zero-order valence-corrected chi connectivity index (χ0v) is 12.5. The molecule has 2 aliphatic heterocycles. The van der Waals surface area contributed by atoms with E-state index in [-0.39, 0.29) is 11.3 Å². The zero-order chi connectivity index (χ0) is 14.9. The van der Waals surface area contributed by atoms with Crippen molar-refractivity contribution in [3.05, 3.63) is 30.1 Å². The molecular formula is C16H23N3O2. The van der Waals surface area contributed by atoms with E-state index >= 15 is 0 Å². The molecule has 0 unspecified atom stereocenters. The molecule has 1 aromatic heterocycles. The molecule has 2 saturated heterocycles. The molecule has 21 heavy (non-hydrogen) atoms. The number of carbonyl (C=O) groups is 1. The van der Waals surface area contributed by atoms with Gasteiger partial charge >= 0.3 is 5.97 Å². The van der Waals surface area contributed by atoms with E-state index in [0.29, 0.717) is 6.54 Å². The lowest BCUT2D eigenvalue weighted by Gasteiger charge is -2.40. The molecule has 0 radical (unpaired) electrons. The van der Waals surface area contributed by atoms with Gasteiger partial charge in [-0.2, -0.15) is 0 Å². The summed E-state index contributed by atoms with van der Waals surface area (Å²) in [6, 6.07) is 3.99. The zero-order valence-electron chi connectivity index (χ0n) is 12.5. The molecule has 0 bridgehead atoms. The first kappa shape index (κ1) is 14.5. The van der Waals surface area contributed by atoms with Gasteiger partial charge in [-0.1, -0.05) is 6.07 Å². The second-order valence-electron chi connectivity index (χ2n) is 6.59. The van der Waals surface area contributed by atoms with Crippen LogP contribution in [0.3, 0.4) is 0 Å². The van der Waals surface area contributed by atoms with Gasteiger partial charge in [0, 0.05) is 37.4 Å². The summed E-state index contributed by atoms with van der Waals surface area (Å²) in [7, 11) is 2.12. The second-order valence-corrected chi connectivity index (χ2v) is 6.59. The summed E-state index contributed by atoms with van der Waals surface area (Å²) in [4.78, 5) is 20.4. The molecule has 1 N–H and O–H groups in total. The summed E-state index contributed by atoms with van der Waals surface area (Å²) in [6.45, 7) is 4.37. The fraction of sp³-hybridized carbons (Fsp3) is 0.625. The van der Waals surface area contributed by atoms with Crippen LogP contribution in [0.25, 0.3) is 0 Å². The molecule has 1 spiro atoms. The Balaban J connectivity index is 1.74. The van der Waals surface area contributed by atoms with E-state index < -0.39 is 5.97 Å². The van der Waals surface area contributed by atoms with Crippen LogP contribution in [-0.4, -0.2) is 59.1 Å². The van der Waals surface area contributed by atoms with Crippen molar-refractivity contribution in [2.45, 2.75) is 19.4 Å². The van der Waals surface area contributed by atoms with Gasteiger partial charge in [0.25, 0.3) is 0 Å². The lowest BCUT2D eigenvalue weighted by atomic mass is 9.71. The van der Waals surface area contributed by atoms with Crippen LogP contribution in [0.15, 0.2) is 24.5 Å². The van der Waals surface area contributed by atoms with Crippen LogP contribution >= 0.6 is 0 Å². The Morgan fingerprint density at radius 1 is 1.48 bits per heavy atom. The number of carboxylic acid groups (broad SMARTS) is 1. The molecule has 2 aliphatic rings. The summed E-state index contributed by atoms with van der Waals surface area (Å²) in [5, 5.41) is 9.63. The van der Waals surface area contributed by atoms with Gasteiger partial charge in [0.15, 0.2) is 0 Å². The maximum atomic E-state index is 11.7. The maximum Gasteiger partial charge on any atom is 0.308 e. The van der Waals surface area contributed by atoms with Crippen LogP contribution in [0, 0.1) is 11.3 Å². The summed E-state index contributed by atoms with van der Waals surface area (Å²) >= 11 is 0. The van der Waals surface area contributed by atoms with Crippen LogP contribution < -0.4 is 0 Å². The van der Waals surface area contributed by atoms with Crippen LogP contribution in [0.5, 0.6) is 0 Å². The number of hydrogen-bond donors (Lipinski definition) is 1. The largest absolute Gasteiger partial charge is 0.481 e. The van der Waals surface area contributed by atoms with E-state index in [2.05, 4.69) is 27.9 Å². The minimum absolute atomic E-state index is 0.0411. The Hall–Kier alpha value is -1.46. The fourth-order valence-electron chi connectivity index (χ4n) is 3.85. The minimum Gasteiger partial charge on any atom is -0.481 e. The van der Waals surface area contributed by atoms with Gasteiger partial charge in [0.05, 0.1) is 5.92 Å². The number of aliphatic carboxylic acids is 1. The summed E-state index contributed by atoms with van der Waals surface area (Å²) < 4.78 is 0. The number of carboxylic acids is 1. The Labute approximate surface area is 125 Å². The molecule has 3 rings (SSSR count). The standard InChI is InChI=1S/C16H23N3O2/c1-18-7-4-16(5-8-18)12-19(11-14(16)15(20)21)10-13-3-2-6-17-9-13/h2-3,6,9,14H,4-5,7-8,10-12H2,1H3,(H,20,21)/t14-/m1/s1.